The third-order valence-electron chi connectivity index (χ3n) is 2.87. The van der Waals surface area contributed by atoms with Gasteiger partial charge in [-0.15, -0.1) is 0 Å². The molecular weight excluding hydrogens is 318 g/mol. The van der Waals surface area contributed by atoms with E-state index in [2.05, 4.69) is 15.9 Å². The molecule has 0 aliphatic heterocycles. The summed E-state index contributed by atoms with van der Waals surface area (Å²) in [5, 5.41) is 8.85. The second kappa shape index (κ2) is 8.58. The van der Waals surface area contributed by atoms with Crippen LogP contribution in [0.25, 0.3) is 0 Å². The predicted molar refractivity (Wildman–Crippen MR) is 75.2 cm³/mol. The van der Waals surface area contributed by atoms with Gasteiger partial charge in [-0.3, -0.25) is 4.90 Å². The number of rotatable bonds is 8. The summed E-state index contributed by atoms with van der Waals surface area (Å²) in [4.78, 5) is 1.53. The molecule has 19 heavy (non-hydrogen) atoms. The lowest BCUT2D eigenvalue weighted by atomic mass is 10.0. The highest BCUT2D eigenvalue weighted by Crippen LogP contribution is 2.23. The smallest absolute Gasteiger partial charge is 0.251 e. The Labute approximate surface area is 120 Å². The summed E-state index contributed by atoms with van der Waals surface area (Å²) >= 11 is 3.42. The van der Waals surface area contributed by atoms with Gasteiger partial charge in [0.15, 0.2) is 0 Å². The first kappa shape index (κ1) is 16.5. The van der Waals surface area contributed by atoms with Crippen LogP contribution in [0.1, 0.15) is 18.0 Å². The third-order valence-corrected chi connectivity index (χ3v) is 3.60. The van der Waals surface area contributed by atoms with Crippen LogP contribution in [0.5, 0.6) is 0 Å². The molecule has 1 unspecified atom stereocenters. The van der Waals surface area contributed by atoms with E-state index in [0.29, 0.717) is 13.0 Å². The number of benzene rings is 1. The van der Waals surface area contributed by atoms with E-state index in [1.807, 2.05) is 24.3 Å². The minimum absolute atomic E-state index is 0.128. The molecule has 0 heterocycles. The second-order valence-corrected chi connectivity index (χ2v) is 5.19. The Morgan fingerprint density at radius 3 is 2.53 bits per heavy atom. The van der Waals surface area contributed by atoms with E-state index in [1.165, 1.54) is 4.90 Å². The Balaban J connectivity index is 2.51. The Bertz CT molecular complexity index is 379. The van der Waals surface area contributed by atoms with Gasteiger partial charge in [-0.1, -0.05) is 34.1 Å². The van der Waals surface area contributed by atoms with Crippen LogP contribution in [0.2, 0.25) is 0 Å². The number of hydrogen-bond donors (Lipinski definition) is 2. The van der Waals surface area contributed by atoms with Crippen LogP contribution in [0, 0.1) is 0 Å². The van der Waals surface area contributed by atoms with Crippen LogP contribution in [0.3, 0.4) is 0 Å². The number of aliphatic hydroxyl groups excluding tert-OH is 1. The Morgan fingerprint density at radius 1 is 1.26 bits per heavy atom. The van der Waals surface area contributed by atoms with Crippen molar-refractivity contribution in [1.82, 2.24) is 4.90 Å². The molecule has 108 valence electrons. The van der Waals surface area contributed by atoms with E-state index < -0.39 is 6.43 Å². The summed E-state index contributed by atoms with van der Waals surface area (Å²) in [5.41, 5.74) is 7.03. The highest BCUT2D eigenvalue weighted by atomic mass is 79.9. The molecule has 0 spiro atoms. The maximum Gasteiger partial charge on any atom is 0.251 e. The van der Waals surface area contributed by atoms with Gasteiger partial charge in [0.2, 0.25) is 0 Å². The fourth-order valence-electron chi connectivity index (χ4n) is 1.88. The van der Waals surface area contributed by atoms with E-state index in [0.717, 1.165) is 10.0 Å². The molecule has 0 radical (unpaired) electrons. The first-order chi connectivity index (χ1) is 9.04. The predicted octanol–water partition coefficient (Wildman–Crippen LogP) is 2.40. The van der Waals surface area contributed by atoms with Crippen molar-refractivity contribution in [2.75, 3.05) is 26.2 Å². The van der Waals surface area contributed by atoms with Crippen LogP contribution < -0.4 is 5.73 Å². The van der Waals surface area contributed by atoms with Crippen molar-refractivity contribution in [3.8, 4) is 0 Å². The zero-order valence-corrected chi connectivity index (χ0v) is 12.2. The molecule has 0 saturated heterocycles. The quantitative estimate of drug-likeness (QED) is 0.766. The van der Waals surface area contributed by atoms with Gasteiger partial charge in [0.25, 0.3) is 6.43 Å². The van der Waals surface area contributed by atoms with E-state index in [4.69, 9.17) is 10.8 Å². The van der Waals surface area contributed by atoms with E-state index >= 15 is 0 Å². The maximum atomic E-state index is 12.4. The molecule has 6 heteroatoms. The zero-order chi connectivity index (χ0) is 14.3. The normalized spacial score (nSPS) is 13.2. The fraction of sp³-hybridized carbons (Fsp3) is 0.538. The molecular formula is C13H19BrF2N2O. The van der Waals surface area contributed by atoms with Crippen molar-refractivity contribution in [3.63, 3.8) is 0 Å². The molecule has 0 saturated carbocycles. The molecule has 3 nitrogen and oxygen atoms in total. The van der Waals surface area contributed by atoms with Gasteiger partial charge in [0.1, 0.15) is 0 Å². The highest BCUT2D eigenvalue weighted by Gasteiger charge is 2.15. The molecule has 0 aliphatic rings. The summed E-state index contributed by atoms with van der Waals surface area (Å²) < 4.78 is 25.6. The monoisotopic (exact) mass is 336 g/mol. The molecule has 1 atom stereocenters. The van der Waals surface area contributed by atoms with E-state index in [9.17, 15) is 8.78 Å². The maximum absolute atomic E-state index is 12.4. The molecule has 1 aromatic rings. The average molecular weight is 337 g/mol. The van der Waals surface area contributed by atoms with Gasteiger partial charge >= 0.3 is 0 Å². The second-order valence-electron chi connectivity index (χ2n) is 4.33. The average Bonchev–Trinajstić information content (AvgIpc) is 2.36. The van der Waals surface area contributed by atoms with Crippen LogP contribution in [0.4, 0.5) is 8.78 Å². The first-order valence-electron chi connectivity index (χ1n) is 6.16. The van der Waals surface area contributed by atoms with Crippen molar-refractivity contribution in [2.45, 2.75) is 18.9 Å². The largest absolute Gasteiger partial charge is 0.395 e. The fourth-order valence-corrected chi connectivity index (χ4v) is 2.46. The first-order valence-corrected chi connectivity index (χ1v) is 6.95. The molecule has 0 bridgehead atoms. The lowest BCUT2D eigenvalue weighted by molar-refractivity contribution is 0.0768. The molecule has 3 N–H and O–H groups in total. The summed E-state index contributed by atoms with van der Waals surface area (Å²) in [7, 11) is 0. The lowest BCUT2D eigenvalue weighted by Gasteiger charge is -2.23. The summed E-state index contributed by atoms with van der Waals surface area (Å²) in [6.45, 7) is 0.223. The standard InChI is InChI=1S/C13H19BrF2N2O/c14-11-4-2-1-3-10(11)12(17)5-6-18(7-8-19)9-13(15)16/h1-4,12-13,19H,5-9,17H2. The van der Waals surface area contributed by atoms with Gasteiger partial charge in [-0.25, -0.2) is 8.78 Å². The highest BCUT2D eigenvalue weighted by molar-refractivity contribution is 9.10. The summed E-state index contributed by atoms with van der Waals surface area (Å²) in [6, 6.07) is 7.40. The van der Waals surface area contributed by atoms with Gasteiger partial charge in [-0.2, -0.15) is 0 Å². The minimum Gasteiger partial charge on any atom is -0.395 e. The van der Waals surface area contributed by atoms with Gasteiger partial charge < -0.3 is 10.8 Å². The van der Waals surface area contributed by atoms with Gasteiger partial charge in [0.05, 0.1) is 13.2 Å². The third kappa shape index (κ3) is 5.95. The molecule has 0 fully saturated rings. The molecule has 0 aliphatic carbocycles. The Hall–Kier alpha value is -0.560. The zero-order valence-electron chi connectivity index (χ0n) is 10.6. The van der Waals surface area contributed by atoms with Crippen LogP contribution >= 0.6 is 15.9 Å². The van der Waals surface area contributed by atoms with Crippen molar-refractivity contribution in [3.05, 3.63) is 34.3 Å². The van der Waals surface area contributed by atoms with Gasteiger partial charge in [-0.05, 0) is 18.1 Å². The van der Waals surface area contributed by atoms with Crippen LogP contribution in [-0.2, 0) is 0 Å². The van der Waals surface area contributed by atoms with Crippen molar-refractivity contribution in [1.29, 1.82) is 0 Å². The topological polar surface area (TPSA) is 49.5 Å². The SMILES string of the molecule is NC(CCN(CCO)CC(F)F)c1ccccc1Br. The molecule has 1 rings (SSSR count). The number of alkyl halides is 2. The summed E-state index contributed by atoms with van der Waals surface area (Å²) in [6.07, 6.45) is -1.83. The van der Waals surface area contributed by atoms with Crippen molar-refractivity contribution in [2.24, 2.45) is 5.73 Å². The number of hydrogen-bond acceptors (Lipinski definition) is 3. The van der Waals surface area contributed by atoms with Crippen LogP contribution in [0.15, 0.2) is 28.7 Å². The van der Waals surface area contributed by atoms with Crippen molar-refractivity contribution >= 4 is 15.9 Å². The van der Waals surface area contributed by atoms with Crippen LogP contribution in [-0.4, -0.2) is 42.7 Å². The molecule has 1 aromatic carbocycles. The molecule has 0 aromatic heterocycles. The Kier molecular flexibility index (Phi) is 7.45. The minimum atomic E-state index is -2.40. The van der Waals surface area contributed by atoms with Gasteiger partial charge in [0, 0.05) is 23.6 Å². The van der Waals surface area contributed by atoms with Crippen molar-refractivity contribution < 1.29 is 13.9 Å². The van der Waals surface area contributed by atoms with E-state index in [1.54, 1.807) is 0 Å². The number of aliphatic hydroxyl groups is 1. The van der Waals surface area contributed by atoms with E-state index in [-0.39, 0.29) is 25.7 Å². The number of halogens is 3. The number of nitrogens with two attached hydrogens (primary N) is 1. The molecule has 0 amide bonds. The number of nitrogens with zero attached hydrogens (tertiary/aromatic N) is 1. The Morgan fingerprint density at radius 2 is 1.95 bits per heavy atom. The summed E-state index contributed by atoms with van der Waals surface area (Å²) in [5.74, 6) is 0. The lowest BCUT2D eigenvalue weighted by Crippen LogP contribution is -2.34.